The van der Waals surface area contributed by atoms with Gasteiger partial charge in [-0.05, 0) is 38.7 Å². The first-order valence-electron chi connectivity index (χ1n) is 5.00. The van der Waals surface area contributed by atoms with Crippen LogP contribution in [0.4, 0.5) is 0 Å². The molecular weight excluding hydrogens is 252 g/mol. The number of hydrogen-bond acceptors (Lipinski definition) is 2. The zero-order chi connectivity index (χ0) is 11.4. The summed E-state index contributed by atoms with van der Waals surface area (Å²) < 4.78 is 1.03. The molecule has 1 aromatic carbocycles. The summed E-state index contributed by atoms with van der Waals surface area (Å²) in [7, 11) is 4.08. The molecule has 0 saturated heterocycles. The number of nitrogens with zero attached hydrogens (tertiary/aromatic N) is 1. The minimum Gasteiger partial charge on any atom is -0.306 e. The molecule has 0 aliphatic carbocycles. The van der Waals surface area contributed by atoms with Gasteiger partial charge in [0.1, 0.15) is 0 Å². The highest BCUT2D eigenvalue weighted by molar-refractivity contribution is 9.10. The van der Waals surface area contributed by atoms with Crippen molar-refractivity contribution in [3.05, 3.63) is 34.3 Å². The van der Waals surface area contributed by atoms with Gasteiger partial charge in [-0.2, -0.15) is 0 Å². The highest BCUT2D eigenvalue weighted by Crippen LogP contribution is 2.14. The molecule has 0 aliphatic rings. The van der Waals surface area contributed by atoms with Crippen LogP contribution >= 0.6 is 15.9 Å². The molecule has 0 fully saturated rings. The number of benzene rings is 1. The van der Waals surface area contributed by atoms with Crippen LogP contribution < -0.4 is 0 Å². The fourth-order valence-electron chi connectivity index (χ4n) is 1.27. The van der Waals surface area contributed by atoms with Crippen molar-refractivity contribution >= 4 is 21.6 Å². The second-order valence-electron chi connectivity index (χ2n) is 4.01. The summed E-state index contributed by atoms with van der Waals surface area (Å²) in [5, 5.41) is 8.00. The number of rotatable bonds is 4. The first-order chi connectivity index (χ1) is 7.00. The van der Waals surface area contributed by atoms with E-state index in [1.807, 2.05) is 38.4 Å². The van der Waals surface area contributed by atoms with Crippen LogP contribution in [0.3, 0.4) is 0 Å². The molecule has 0 spiro atoms. The van der Waals surface area contributed by atoms with Gasteiger partial charge in [-0.25, -0.2) is 0 Å². The molecule has 0 amide bonds. The fraction of sp³-hybridized carbons (Fsp3) is 0.417. The number of nitrogens with one attached hydrogen (secondary N) is 1. The summed E-state index contributed by atoms with van der Waals surface area (Å²) in [5.74, 6) is 0. The number of halogens is 1. The third kappa shape index (κ3) is 3.76. The molecule has 1 aromatic rings. The lowest BCUT2D eigenvalue weighted by atomic mass is 10.0. The molecule has 82 valence electrons. The van der Waals surface area contributed by atoms with Gasteiger partial charge in [-0.3, -0.25) is 0 Å². The lowest BCUT2D eigenvalue weighted by Gasteiger charge is -2.20. The molecule has 0 aromatic heterocycles. The largest absolute Gasteiger partial charge is 0.306 e. The summed E-state index contributed by atoms with van der Waals surface area (Å²) >= 11 is 3.42. The molecule has 1 unspecified atom stereocenters. The van der Waals surface area contributed by atoms with Crippen molar-refractivity contribution in [2.24, 2.45) is 0 Å². The summed E-state index contributed by atoms with van der Waals surface area (Å²) in [6, 6.07) is 8.32. The van der Waals surface area contributed by atoms with E-state index in [-0.39, 0.29) is 0 Å². The molecule has 0 aliphatic heterocycles. The van der Waals surface area contributed by atoms with Crippen LogP contribution in [0.1, 0.15) is 18.9 Å². The second kappa shape index (κ2) is 5.42. The average molecular weight is 269 g/mol. The van der Waals surface area contributed by atoms with Crippen LogP contribution in [-0.2, 0) is 0 Å². The highest BCUT2D eigenvalue weighted by Gasteiger charge is 2.09. The lowest BCUT2D eigenvalue weighted by molar-refractivity contribution is 0.321. The van der Waals surface area contributed by atoms with Crippen LogP contribution in [0.25, 0.3) is 0 Å². The monoisotopic (exact) mass is 268 g/mol. The van der Waals surface area contributed by atoms with Crippen LogP contribution in [0, 0.1) is 5.41 Å². The Hall–Kier alpha value is -0.670. The average Bonchev–Trinajstić information content (AvgIpc) is 2.17. The van der Waals surface area contributed by atoms with Gasteiger partial charge in [0.05, 0.1) is 0 Å². The quantitative estimate of drug-likeness (QED) is 0.835. The standard InChI is InChI=1S/C12H17BrN2/c1-9(15(2)3)7-12(14)10-5-4-6-11(13)8-10/h4-6,8-9,14H,7H2,1-3H3. The lowest BCUT2D eigenvalue weighted by Crippen LogP contribution is -2.27. The molecule has 3 heteroatoms. The molecule has 0 heterocycles. The fourth-order valence-corrected chi connectivity index (χ4v) is 1.67. The highest BCUT2D eigenvalue weighted by atomic mass is 79.9. The van der Waals surface area contributed by atoms with Crippen molar-refractivity contribution in [3.8, 4) is 0 Å². The Morgan fingerprint density at radius 2 is 2.13 bits per heavy atom. The van der Waals surface area contributed by atoms with Gasteiger partial charge in [0.15, 0.2) is 0 Å². The van der Waals surface area contributed by atoms with Crippen molar-refractivity contribution < 1.29 is 0 Å². The summed E-state index contributed by atoms with van der Waals surface area (Å²) in [6.45, 7) is 2.13. The smallest absolute Gasteiger partial charge is 0.0402 e. The molecule has 1 atom stereocenters. The summed E-state index contributed by atoms with van der Waals surface area (Å²) in [5.41, 5.74) is 1.69. The van der Waals surface area contributed by atoms with Gasteiger partial charge in [-0.1, -0.05) is 28.1 Å². The third-order valence-electron chi connectivity index (χ3n) is 2.55. The maximum atomic E-state index is 8.00. The van der Waals surface area contributed by atoms with Crippen molar-refractivity contribution in [2.75, 3.05) is 14.1 Å². The van der Waals surface area contributed by atoms with E-state index < -0.39 is 0 Å². The van der Waals surface area contributed by atoms with E-state index >= 15 is 0 Å². The Morgan fingerprint density at radius 1 is 1.47 bits per heavy atom. The van der Waals surface area contributed by atoms with E-state index in [2.05, 4.69) is 27.8 Å². The number of hydrogen-bond donors (Lipinski definition) is 1. The molecule has 0 saturated carbocycles. The molecule has 15 heavy (non-hydrogen) atoms. The Bertz CT molecular complexity index is 347. The van der Waals surface area contributed by atoms with Crippen molar-refractivity contribution in [1.82, 2.24) is 4.90 Å². The molecule has 0 radical (unpaired) electrons. The normalized spacial score (nSPS) is 12.9. The first-order valence-corrected chi connectivity index (χ1v) is 5.80. The van der Waals surface area contributed by atoms with Crippen LogP contribution in [0.2, 0.25) is 0 Å². The molecule has 1 N–H and O–H groups in total. The Balaban J connectivity index is 2.69. The summed E-state index contributed by atoms with van der Waals surface area (Å²) in [4.78, 5) is 2.13. The predicted octanol–water partition coefficient (Wildman–Crippen LogP) is 3.16. The van der Waals surface area contributed by atoms with E-state index in [0.717, 1.165) is 16.5 Å². The zero-order valence-electron chi connectivity index (χ0n) is 9.42. The van der Waals surface area contributed by atoms with Gasteiger partial charge in [0.25, 0.3) is 0 Å². The van der Waals surface area contributed by atoms with Gasteiger partial charge in [0.2, 0.25) is 0 Å². The third-order valence-corrected chi connectivity index (χ3v) is 3.05. The van der Waals surface area contributed by atoms with Gasteiger partial charge in [0, 0.05) is 22.6 Å². The topological polar surface area (TPSA) is 27.1 Å². The van der Waals surface area contributed by atoms with E-state index in [9.17, 15) is 0 Å². The van der Waals surface area contributed by atoms with E-state index in [0.29, 0.717) is 11.8 Å². The van der Waals surface area contributed by atoms with Crippen LogP contribution in [-0.4, -0.2) is 30.7 Å². The van der Waals surface area contributed by atoms with Crippen molar-refractivity contribution in [3.63, 3.8) is 0 Å². The van der Waals surface area contributed by atoms with Gasteiger partial charge in [-0.15, -0.1) is 0 Å². The molecule has 1 rings (SSSR count). The van der Waals surface area contributed by atoms with Crippen molar-refractivity contribution in [2.45, 2.75) is 19.4 Å². The Morgan fingerprint density at radius 3 is 2.67 bits per heavy atom. The minimum absolute atomic E-state index is 0.400. The SMILES string of the molecule is CC(CC(=N)c1cccc(Br)c1)N(C)C. The molecule has 2 nitrogen and oxygen atoms in total. The zero-order valence-corrected chi connectivity index (χ0v) is 11.0. The molecule has 0 bridgehead atoms. The van der Waals surface area contributed by atoms with Crippen molar-refractivity contribution in [1.29, 1.82) is 5.41 Å². The van der Waals surface area contributed by atoms with E-state index in [1.54, 1.807) is 0 Å². The second-order valence-corrected chi connectivity index (χ2v) is 4.92. The molecular formula is C12H17BrN2. The maximum Gasteiger partial charge on any atom is 0.0402 e. The van der Waals surface area contributed by atoms with E-state index in [4.69, 9.17) is 5.41 Å². The van der Waals surface area contributed by atoms with E-state index in [1.165, 1.54) is 0 Å². The minimum atomic E-state index is 0.400. The van der Waals surface area contributed by atoms with Crippen LogP contribution in [0.5, 0.6) is 0 Å². The maximum absolute atomic E-state index is 8.00. The Labute approximate surface area is 99.9 Å². The van der Waals surface area contributed by atoms with Gasteiger partial charge >= 0.3 is 0 Å². The van der Waals surface area contributed by atoms with Crippen LogP contribution in [0.15, 0.2) is 28.7 Å². The predicted molar refractivity (Wildman–Crippen MR) is 68.7 cm³/mol. The van der Waals surface area contributed by atoms with Gasteiger partial charge < -0.3 is 10.3 Å². The first kappa shape index (κ1) is 12.4. The Kier molecular flexibility index (Phi) is 4.48. The summed E-state index contributed by atoms with van der Waals surface area (Å²) in [6.07, 6.45) is 0.781.